The molecule has 1 aliphatic heterocycles. The first kappa shape index (κ1) is 27.2. The number of esters is 1. The average molecular weight is 591 g/mol. The van der Waals surface area contributed by atoms with Crippen molar-refractivity contribution >= 4 is 51.8 Å². The Morgan fingerprint density at radius 2 is 1.56 bits per heavy atom. The van der Waals surface area contributed by atoms with Crippen LogP contribution in [0.3, 0.4) is 0 Å². The molecule has 2 amide bonds. The van der Waals surface area contributed by atoms with E-state index in [1.807, 2.05) is 25.1 Å². The molecule has 7 rings (SSSR count). The molecule has 214 valence electrons. The SMILES string of the molecule is Cc1ccc2nc(-c3ccc(N4C(=O)[C@H]5[C@H](C4=O)[C@H]4C=C[C@H]5C4)cc3)cc(C(=O)O[C@H](C)C(=O)c3ccc(Cl)cc3)c2c1. The normalized spacial score (nSPS) is 22.7. The second-order valence-corrected chi connectivity index (χ2v) is 12.0. The second-order valence-electron chi connectivity index (χ2n) is 11.6. The molecular formula is C35H27ClN2O5. The second kappa shape index (κ2) is 10.3. The summed E-state index contributed by atoms with van der Waals surface area (Å²) in [6, 6.07) is 20.8. The zero-order valence-electron chi connectivity index (χ0n) is 23.5. The van der Waals surface area contributed by atoms with Crippen molar-refractivity contribution in [1.29, 1.82) is 0 Å². The predicted molar refractivity (Wildman–Crippen MR) is 163 cm³/mol. The molecule has 1 saturated heterocycles. The molecule has 0 unspecified atom stereocenters. The Hall–Kier alpha value is -4.62. The van der Waals surface area contributed by atoms with Gasteiger partial charge in [-0.1, -0.05) is 47.5 Å². The smallest absolute Gasteiger partial charge is 0.339 e. The molecule has 2 heterocycles. The lowest BCUT2D eigenvalue weighted by atomic mass is 9.85. The van der Waals surface area contributed by atoms with Crippen molar-refractivity contribution in [3.63, 3.8) is 0 Å². The number of ketones is 1. The van der Waals surface area contributed by atoms with Crippen LogP contribution in [0.25, 0.3) is 22.2 Å². The van der Waals surface area contributed by atoms with Crippen LogP contribution in [0.5, 0.6) is 0 Å². The maximum absolute atomic E-state index is 13.5. The van der Waals surface area contributed by atoms with Crippen LogP contribution in [0.15, 0.2) is 84.9 Å². The van der Waals surface area contributed by atoms with Gasteiger partial charge in [-0.2, -0.15) is 0 Å². The molecule has 3 aromatic carbocycles. The topological polar surface area (TPSA) is 93.6 Å². The third kappa shape index (κ3) is 4.55. The van der Waals surface area contributed by atoms with Gasteiger partial charge in [-0.25, -0.2) is 9.78 Å². The van der Waals surface area contributed by atoms with Crippen LogP contribution in [0.2, 0.25) is 5.02 Å². The van der Waals surface area contributed by atoms with Crippen molar-refractivity contribution in [3.8, 4) is 11.3 Å². The van der Waals surface area contributed by atoms with E-state index < -0.39 is 12.1 Å². The van der Waals surface area contributed by atoms with Crippen molar-refractivity contribution < 1.29 is 23.9 Å². The van der Waals surface area contributed by atoms with Gasteiger partial charge in [0.15, 0.2) is 6.10 Å². The summed E-state index contributed by atoms with van der Waals surface area (Å²) in [6.45, 7) is 3.46. The van der Waals surface area contributed by atoms with E-state index in [9.17, 15) is 19.2 Å². The summed E-state index contributed by atoms with van der Waals surface area (Å²) in [5.74, 6) is -1.50. The summed E-state index contributed by atoms with van der Waals surface area (Å²) in [6.07, 6.45) is 4.01. The number of imide groups is 1. The summed E-state index contributed by atoms with van der Waals surface area (Å²) >= 11 is 5.94. The molecule has 2 bridgehead atoms. The van der Waals surface area contributed by atoms with Crippen LogP contribution in [0.4, 0.5) is 5.69 Å². The summed E-state index contributed by atoms with van der Waals surface area (Å²) in [4.78, 5) is 59.1. The predicted octanol–water partition coefficient (Wildman–Crippen LogP) is 6.60. The highest BCUT2D eigenvalue weighted by Gasteiger charge is 2.59. The van der Waals surface area contributed by atoms with Gasteiger partial charge in [0.2, 0.25) is 17.6 Å². The first-order valence-electron chi connectivity index (χ1n) is 14.3. The zero-order chi connectivity index (χ0) is 30.0. The molecule has 4 aromatic rings. The van der Waals surface area contributed by atoms with E-state index in [4.69, 9.17) is 21.3 Å². The lowest BCUT2D eigenvalue weighted by Crippen LogP contribution is -2.32. The minimum atomic E-state index is -1.02. The van der Waals surface area contributed by atoms with Gasteiger partial charge in [0, 0.05) is 21.5 Å². The summed E-state index contributed by atoms with van der Waals surface area (Å²) < 4.78 is 5.65. The number of allylic oxidation sites excluding steroid dienone is 2. The van der Waals surface area contributed by atoms with E-state index in [0.29, 0.717) is 38.4 Å². The van der Waals surface area contributed by atoms with Gasteiger partial charge in [-0.05, 0) is 86.7 Å². The molecule has 0 N–H and O–H groups in total. The molecule has 43 heavy (non-hydrogen) atoms. The highest BCUT2D eigenvalue weighted by atomic mass is 35.5. The highest BCUT2D eigenvalue weighted by molar-refractivity contribution is 6.30. The Bertz CT molecular complexity index is 1830. The van der Waals surface area contributed by atoms with Crippen LogP contribution in [0, 0.1) is 30.6 Å². The van der Waals surface area contributed by atoms with Crippen LogP contribution in [-0.4, -0.2) is 34.7 Å². The number of hydrogen-bond donors (Lipinski definition) is 0. The lowest BCUT2D eigenvalue weighted by molar-refractivity contribution is -0.123. The lowest BCUT2D eigenvalue weighted by Gasteiger charge is -2.18. The maximum atomic E-state index is 13.5. The van der Waals surface area contributed by atoms with E-state index in [1.165, 1.54) is 4.90 Å². The van der Waals surface area contributed by atoms with E-state index in [-0.39, 0.29) is 46.8 Å². The number of carbonyl (C=O) groups excluding carboxylic acids is 4. The van der Waals surface area contributed by atoms with Crippen LogP contribution < -0.4 is 4.90 Å². The molecule has 2 fully saturated rings. The van der Waals surface area contributed by atoms with Gasteiger partial charge in [0.25, 0.3) is 0 Å². The largest absolute Gasteiger partial charge is 0.451 e. The number of amides is 2. The molecular weight excluding hydrogens is 564 g/mol. The van der Waals surface area contributed by atoms with E-state index in [2.05, 4.69) is 12.2 Å². The molecule has 1 aromatic heterocycles. The standard InChI is InChI=1S/C35H27ClN2O5/c1-18-3-14-28-26(15-18)27(35(42)43-19(2)32(39)21-6-10-24(36)11-7-21)17-29(37-28)20-8-12-25(13-9-20)38-33(40)30-22-4-5-23(16-22)31(30)34(38)41/h3-15,17,19,22-23,30-31H,16H2,1-2H3/t19-,22+,23+,30-,31-/m1/s1. The number of nitrogens with zero attached hydrogens (tertiary/aromatic N) is 2. The molecule has 5 atom stereocenters. The Morgan fingerprint density at radius 3 is 2.21 bits per heavy atom. The first-order valence-corrected chi connectivity index (χ1v) is 14.7. The minimum Gasteiger partial charge on any atom is -0.451 e. The molecule has 1 saturated carbocycles. The Labute approximate surface area is 253 Å². The first-order chi connectivity index (χ1) is 20.7. The number of aromatic nitrogens is 1. The molecule has 2 aliphatic carbocycles. The monoisotopic (exact) mass is 590 g/mol. The van der Waals surface area contributed by atoms with Gasteiger partial charge < -0.3 is 4.74 Å². The summed E-state index contributed by atoms with van der Waals surface area (Å²) in [5, 5.41) is 1.12. The van der Waals surface area contributed by atoms with E-state index in [0.717, 1.165) is 12.0 Å². The van der Waals surface area contributed by atoms with Gasteiger partial charge in [0.1, 0.15) is 0 Å². The van der Waals surface area contributed by atoms with Crippen molar-refractivity contribution in [3.05, 3.63) is 107 Å². The number of rotatable bonds is 6. The van der Waals surface area contributed by atoms with Crippen LogP contribution >= 0.6 is 11.6 Å². The number of aryl methyl sites for hydroxylation is 1. The number of Topliss-reactive ketones (excluding diaryl/α,β-unsaturated/α-hetero) is 1. The fraction of sp³-hybridized carbons (Fsp3) is 0.229. The van der Waals surface area contributed by atoms with Crippen molar-refractivity contribution in [2.45, 2.75) is 26.4 Å². The number of hydrogen-bond acceptors (Lipinski definition) is 6. The number of pyridine rings is 1. The van der Waals surface area contributed by atoms with Crippen molar-refractivity contribution in [1.82, 2.24) is 4.98 Å². The van der Waals surface area contributed by atoms with Gasteiger partial charge in [-0.3, -0.25) is 19.3 Å². The number of anilines is 1. The molecule has 3 aliphatic rings. The third-order valence-electron chi connectivity index (χ3n) is 8.86. The number of ether oxygens (including phenoxy) is 1. The Kier molecular flexibility index (Phi) is 6.51. The zero-order valence-corrected chi connectivity index (χ0v) is 24.2. The fourth-order valence-corrected chi connectivity index (χ4v) is 6.85. The van der Waals surface area contributed by atoms with Crippen molar-refractivity contribution in [2.75, 3.05) is 4.90 Å². The van der Waals surface area contributed by atoms with E-state index >= 15 is 0 Å². The number of halogens is 1. The highest BCUT2D eigenvalue weighted by Crippen LogP contribution is 2.53. The Balaban J connectivity index is 1.18. The molecule has 0 spiro atoms. The van der Waals surface area contributed by atoms with Gasteiger partial charge in [0.05, 0.1) is 34.3 Å². The van der Waals surface area contributed by atoms with Gasteiger partial charge in [-0.15, -0.1) is 0 Å². The van der Waals surface area contributed by atoms with Gasteiger partial charge >= 0.3 is 5.97 Å². The fourth-order valence-electron chi connectivity index (χ4n) is 6.72. The quantitative estimate of drug-likeness (QED) is 0.109. The summed E-state index contributed by atoms with van der Waals surface area (Å²) in [5.41, 5.74) is 3.96. The number of benzene rings is 3. The minimum absolute atomic E-state index is 0.133. The Morgan fingerprint density at radius 1 is 0.907 bits per heavy atom. The number of carbonyl (C=O) groups is 4. The third-order valence-corrected chi connectivity index (χ3v) is 9.11. The molecule has 0 radical (unpaired) electrons. The maximum Gasteiger partial charge on any atom is 0.339 e. The van der Waals surface area contributed by atoms with E-state index in [1.54, 1.807) is 61.5 Å². The summed E-state index contributed by atoms with van der Waals surface area (Å²) in [7, 11) is 0. The van der Waals surface area contributed by atoms with Crippen LogP contribution in [-0.2, 0) is 14.3 Å². The van der Waals surface area contributed by atoms with Crippen molar-refractivity contribution in [2.24, 2.45) is 23.7 Å². The molecule has 7 nitrogen and oxygen atoms in total. The molecule has 8 heteroatoms. The van der Waals surface area contributed by atoms with Crippen LogP contribution in [0.1, 0.15) is 39.6 Å². The number of fused-ring (bicyclic) bond motifs is 6. The average Bonchev–Trinajstić information content (AvgIpc) is 3.70.